The fourth-order valence-electron chi connectivity index (χ4n) is 2.90. The van der Waals surface area contributed by atoms with Crippen LogP contribution in [0, 0.1) is 0 Å². The number of nitrogens with zero attached hydrogens (tertiary/aromatic N) is 1. The zero-order valence-electron chi connectivity index (χ0n) is 11.8. The van der Waals surface area contributed by atoms with Crippen LogP contribution < -0.4 is 0 Å². The zero-order valence-corrected chi connectivity index (χ0v) is 12.6. The molecule has 1 aromatic carbocycles. The van der Waals surface area contributed by atoms with E-state index in [1.165, 1.54) is 19.0 Å². The Morgan fingerprint density at radius 2 is 1.76 bits per heavy atom. The van der Waals surface area contributed by atoms with Crippen LogP contribution in [0.1, 0.15) is 48.9 Å². The number of carbonyl (C=O) groups is 1. The number of hydrogen-bond acceptors (Lipinski definition) is 3. The van der Waals surface area contributed by atoms with Crippen molar-refractivity contribution >= 4 is 28.3 Å². The number of fused-ring (bicyclic) bond motifs is 1. The van der Waals surface area contributed by atoms with Gasteiger partial charge in [0.2, 0.25) is 0 Å². The summed E-state index contributed by atoms with van der Waals surface area (Å²) in [6.07, 6.45) is 8.22. The fraction of sp³-hybridized carbons (Fsp3) is 0.412. The number of aromatic nitrogens is 1. The van der Waals surface area contributed by atoms with Crippen molar-refractivity contribution in [3.63, 3.8) is 0 Å². The van der Waals surface area contributed by atoms with Crippen molar-refractivity contribution in [2.45, 2.75) is 44.6 Å². The average Bonchev–Trinajstić information content (AvgIpc) is 2.76. The Balaban J connectivity index is 1.86. The number of esters is 1. The Kier molecular flexibility index (Phi) is 4.39. The summed E-state index contributed by atoms with van der Waals surface area (Å²) in [5.74, 6) is -0.290. The second kappa shape index (κ2) is 6.44. The first-order valence-electron chi connectivity index (χ1n) is 7.50. The van der Waals surface area contributed by atoms with E-state index in [-0.39, 0.29) is 12.1 Å². The van der Waals surface area contributed by atoms with Gasteiger partial charge in [0.15, 0.2) is 0 Å². The highest BCUT2D eigenvalue weighted by molar-refractivity contribution is 6.34. The van der Waals surface area contributed by atoms with E-state index in [2.05, 4.69) is 4.98 Å². The van der Waals surface area contributed by atoms with Gasteiger partial charge in [0.1, 0.15) is 11.3 Å². The largest absolute Gasteiger partial charge is 0.459 e. The van der Waals surface area contributed by atoms with Crippen LogP contribution in [0.3, 0.4) is 0 Å². The molecule has 110 valence electrons. The molecule has 3 rings (SSSR count). The number of hydrogen-bond donors (Lipinski definition) is 0. The summed E-state index contributed by atoms with van der Waals surface area (Å²) in [5.41, 5.74) is 0.499. The van der Waals surface area contributed by atoms with Crippen molar-refractivity contribution < 1.29 is 9.53 Å². The molecule has 2 aromatic rings. The van der Waals surface area contributed by atoms with E-state index in [0.29, 0.717) is 10.7 Å². The highest BCUT2D eigenvalue weighted by Crippen LogP contribution is 2.26. The Bertz CT molecular complexity index is 648. The summed E-state index contributed by atoms with van der Waals surface area (Å²) in [5, 5.41) is 2.00. The number of halogens is 1. The van der Waals surface area contributed by atoms with E-state index in [0.717, 1.165) is 36.5 Å². The molecule has 1 aliphatic carbocycles. The summed E-state index contributed by atoms with van der Waals surface area (Å²) in [4.78, 5) is 16.5. The molecule has 1 fully saturated rings. The maximum Gasteiger partial charge on any atom is 0.340 e. The van der Waals surface area contributed by atoms with Gasteiger partial charge in [-0.15, -0.1) is 0 Å². The van der Waals surface area contributed by atoms with Gasteiger partial charge in [-0.05, 0) is 25.7 Å². The van der Waals surface area contributed by atoms with Gasteiger partial charge in [-0.2, -0.15) is 0 Å². The molecule has 1 aromatic heterocycles. The number of ether oxygens (including phenoxy) is 1. The van der Waals surface area contributed by atoms with Crippen LogP contribution in [0.2, 0.25) is 5.15 Å². The van der Waals surface area contributed by atoms with Crippen LogP contribution in [0.5, 0.6) is 0 Å². The Morgan fingerprint density at radius 3 is 2.48 bits per heavy atom. The SMILES string of the molecule is O=C(OC1CCCCCC1)c1cnc(Cl)c2ccccc12. The summed E-state index contributed by atoms with van der Waals surface area (Å²) >= 11 is 6.08. The van der Waals surface area contributed by atoms with E-state index < -0.39 is 0 Å². The minimum atomic E-state index is -0.290. The van der Waals surface area contributed by atoms with Crippen molar-refractivity contribution in [1.29, 1.82) is 0 Å². The first-order chi connectivity index (χ1) is 10.3. The lowest BCUT2D eigenvalue weighted by molar-refractivity contribution is 0.0269. The number of benzene rings is 1. The smallest absolute Gasteiger partial charge is 0.340 e. The van der Waals surface area contributed by atoms with Crippen LogP contribution in [0.25, 0.3) is 10.8 Å². The van der Waals surface area contributed by atoms with Gasteiger partial charge < -0.3 is 4.74 Å². The second-order valence-corrected chi connectivity index (χ2v) is 5.89. The average molecular weight is 304 g/mol. The van der Waals surface area contributed by atoms with Crippen molar-refractivity contribution in [1.82, 2.24) is 4.98 Å². The number of carbonyl (C=O) groups excluding carboxylic acids is 1. The minimum absolute atomic E-state index is 0.0365. The fourth-order valence-corrected chi connectivity index (χ4v) is 3.11. The number of pyridine rings is 1. The zero-order chi connectivity index (χ0) is 14.7. The van der Waals surface area contributed by atoms with Gasteiger partial charge in [-0.3, -0.25) is 0 Å². The van der Waals surface area contributed by atoms with Crippen molar-refractivity contribution in [3.05, 3.63) is 41.2 Å². The Morgan fingerprint density at radius 1 is 1.10 bits per heavy atom. The predicted octanol–water partition coefficient (Wildman–Crippen LogP) is 4.77. The van der Waals surface area contributed by atoms with Gasteiger partial charge in [0, 0.05) is 17.0 Å². The quantitative estimate of drug-likeness (QED) is 0.456. The van der Waals surface area contributed by atoms with Crippen molar-refractivity contribution in [2.75, 3.05) is 0 Å². The summed E-state index contributed by atoms with van der Waals surface area (Å²) < 4.78 is 5.68. The standard InChI is InChI=1S/C17H18ClNO2/c18-16-14-10-6-5-9-13(14)15(11-19-16)17(20)21-12-7-3-1-2-4-8-12/h5-6,9-12H,1-4,7-8H2. The maximum atomic E-state index is 12.4. The Hall–Kier alpha value is -1.61. The molecular weight excluding hydrogens is 286 g/mol. The second-order valence-electron chi connectivity index (χ2n) is 5.53. The highest BCUT2D eigenvalue weighted by Gasteiger charge is 2.20. The molecule has 0 radical (unpaired) electrons. The lowest BCUT2D eigenvalue weighted by Crippen LogP contribution is -2.18. The van der Waals surface area contributed by atoms with Crippen LogP contribution >= 0.6 is 11.6 Å². The van der Waals surface area contributed by atoms with Crippen molar-refractivity contribution in [2.24, 2.45) is 0 Å². The molecule has 0 unspecified atom stereocenters. The third-order valence-electron chi connectivity index (χ3n) is 4.04. The van der Waals surface area contributed by atoms with E-state index in [9.17, 15) is 4.79 Å². The molecule has 0 aliphatic heterocycles. The predicted molar refractivity (Wildman–Crippen MR) is 83.7 cm³/mol. The van der Waals surface area contributed by atoms with Gasteiger partial charge in [0.05, 0.1) is 5.56 Å². The molecule has 0 N–H and O–H groups in total. The molecule has 21 heavy (non-hydrogen) atoms. The normalized spacial score (nSPS) is 16.6. The van der Waals surface area contributed by atoms with Gasteiger partial charge >= 0.3 is 5.97 Å². The number of rotatable bonds is 2. The van der Waals surface area contributed by atoms with Gasteiger partial charge in [-0.25, -0.2) is 9.78 Å². The van der Waals surface area contributed by atoms with Crippen LogP contribution in [-0.2, 0) is 4.74 Å². The third-order valence-corrected chi connectivity index (χ3v) is 4.34. The highest BCUT2D eigenvalue weighted by atomic mass is 35.5. The van der Waals surface area contributed by atoms with E-state index >= 15 is 0 Å². The van der Waals surface area contributed by atoms with E-state index in [1.807, 2.05) is 24.3 Å². The monoisotopic (exact) mass is 303 g/mol. The lowest BCUT2D eigenvalue weighted by atomic mass is 10.1. The summed E-state index contributed by atoms with van der Waals surface area (Å²) in [6, 6.07) is 7.52. The topological polar surface area (TPSA) is 39.2 Å². The summed E-state index contributed by atoms with van der Waals surface area (Å²) in [6.45, 7) is 0. The summed E-state index contributed by atoms with van der Waals surface area (Å²) in [7, 11) is 0. The first kappa shape index (κ1) is 14.3. The minimum Gasteiger partial charge on any atom is -0.459 e. The van der Waals surface area contributed by atoms with Crippen LogP contribution in [0.15, 0.2) is 30.5 Å². The molecule has 0 spiro atoms. The lowest BCUT2D eigenvalue weighted by Gasteiger charge is -2.16. The maximum absolute atomic E-state index is 12.4. The molecule has 3 nitrogen and oxygen atoms in total. The Labute approximate surface area is 129 Å². The third kappa shape index (κ3) is 3.18. The molecular formula is C17H18ClNO2. The first-order valence-corrected chi connectivity index (χ1v) is 7.88. The molecule has 0 atom stereocenters. The van der Waals surface area contributed by atoms with Crippen LogP contribution in [-0.4, -0.2) is 17.1 Å². The van der Waals surface area contributed by atoms with Gasteiger partial charge in [-0.1, -0.05) is 48.7 Å². The molecule has 0 bridgehead atoms. The molecule has 0 saturated heterocycles. The molecule has 0 amide bonds. The molecule has 4 heteroatoms. The van der Waals surface area contributed by atoms with E-state index in [4.69, 9.17) is 16.3 Å². The molecule has 1 heterocycles. The van der Waals surface area contributed by atoms with E-state index in [1.54, 1.807) is 0 Å². The molecule has 1 aliphatic rings. The van der Waals surface area contributed by atoms with Gasteiger partial charge in [0.25, 0.3) is 0 Å². The molecule has 1 saturated carbocycles. The van der Waals surface area contributed by atoms with Crippen LogP contribution in [0.4, 0.5) is 0 Å². The van der Waals surface area contributed by atoms with Crippen molar-refractivity contribution in [3.8, 4) is 0 Å².